The van der Waals surface area contributed by atoms with E-state index in [1.165, 1.54) is 11.3 Å². The normalized spacial score (nSPS) is 11.0. The van der Waals surface area contributed by atoms with Crippen molar-refractivity contribution in [2.75, 3.05) is 0 Å². The molecule has 2 heterocycles. The molecule has 0 saturated carbocycles. The average molecular weight is 297 g/mol. The molecule has 4 nitrogen and oxygen atoms in total. The predicted molar refractivity (Wildman–Crippen MR) is 86.7 cm³/mol. The zero-order chi connectivity index (χ0) is 15.3. The van der Waals surface area contributed by atoms with Gasteiger partial charge >= 0.3 is 4.87 Å². The Kier molecular flexibility index (Phi) is 2.99. The van der Waals surface area contributed by atoms with Crippen LogP contribution in [0.5, 0.6) is 0 Å². The fourth-order valence-electron chi connectivity index (χ4n) is 2.50. The third-order valence-corrected chi connectivity index (χ3v) is 4.87. The van der Waals surface area contributed by atoms with Gasteiger partial charge in [-0.05, 0) is 31.5 Å². The van der Waals surface area contributed by atoms with Crippen molar-refractivity contribution in [1.82, 2.24) is 14.3 Å². The van der Waals surface area contributed by atoms with Gasteiger partial charge in [0.25, 0.3) is 0 Å². The lowest BCUT2D eigenvalue weighted by atomic mass is 10.0. The van der Waals surface area contributed by atoms with Gasteiger partial charge in [0.15, 0.2) is 0 Å². The summed E-state index contributed by atoms with van der Waals surface area (Å²) < 4.78 is 4.44. The molecule has 0 spiro atoms. The largest absolute Gasteiger partial charge is 0.307 e. The minimum Gasteiger partial charge on any atom is -0.302 e. The first kappa shape index (κ1) is 13.7. The first-order valence-electron chi connectivity index (χ1n) is 6.54. The van der Waals surface area contributed by atoms with Gasteiger partial charge in [-0.3, -0.25) is 9.48 Å². The summed E-state index contributed by atoms with van der Waals surface area (Å²) in [6, 6.07) is 4.03. The molecular weight excluding hydrogens is 282 g/mol. The Morgan fingerprint density at radius 2 is 2.00 bits per heavy atom. The van der Waals surface area contributed by atoms with Gasteiger partial charge in [0.1, 0.15) is 5.69 Å². The van der Waals surface area contributed by atoms with Gasteiger partial charge in [0.05, 0.1) is 21.5 Å². The molecule has 0 bridgehead atoms. The molecule has 5 heteroatoms. The number of rotatable bonds is 1. The van der Waals surface area contributed by atoms with E-state index in [1.807, 2.05) is 33.0 Å². The number of fused-ring (bicyclic) bond motifs is 1. The molecule has 0 aliphatic rings. The number of aryl methyl sites for hydroxylation is 3. The lowest BCUT2D eigenvalue weighted by Gasteiger charge is -2.05. The molecule has 0 atom stereocenters. The standard InChI is InChI=1S/C16H15N3OS/c1-6-11-10(3)19(5)17-15(11)12-8-13-14(7-9(12)2)21-16(20)18(13)4/h1,7-8H,2-5H3. The zero-order valence-electron chi connectivity index (χ0n) is 12.4. The summed E-state index contributed by atoms with van der Waals surface area (Å²) in [5, 5.41) is 4.55. The highest BCUT2D eigenvalue weighted by atomic mass is 32.1. The molecule has 2 aromatic heterocycles. The maximum absolute atomic E-state index is 11.8. The van der Waals surface area contributed by atoms with Crippen LogP contribution in [0.4, 0.5) is 0 Å². The molecule has 0 amide bonds. The molecule has 21 heavy (non-hydrogen) atoms. The summed E-state index contributed by atoms with van der Waals surface area (Å²) in [5.74, 6) is 2.73. The summed E-state index contributed by atoms with van der Waals surface area (Å²) in [5.41, 5.74) is 5.53. The summed E-state index contributed by atoms with van der Waals surface area (Å²) in [6.45, 7) is 3.98. The summed E-state index contributed by atoms with van der Waals surface area (Å²) in [6.07, 6.45) is 5.64. The quantitative estimate of drug-likeness (QED) is 0.648. The molecule has 0 aliphatic carbocycles. The number of terminal acetylenes is 1. The number of benzene rings is 1. The Labute approximate surface area is 126 Å². The van der Waals surface area contributed by atoms with E-state index in [0.29, 0.717) is 0 Å². The molecule has 0 N–H and O–H groups in total. The molecule has 106 valence electrons. The number of nitrogens with zero attached hydrogens (tertiary/aromatic N) is 3. The summed E-state index contributed by atoms with van der Waals surface area (Å²) in [7, 11) is 3.67. The van der Waals surface area contributed by atoms with Crippen LogP contribution in [0.15, 0.2) is 16.9 Å². The van der Waals surface area contributed by atoms with Crippen LogP contribution in [0, 0.1) is 26.2 Å². The summed E-state index contributed by atoms with van der Waals surface area (Å²) in [4.78, 5) is 11.8. The van der Waals surface area contributed by atoms with Crippen LogP contribution in [0.3, 0.4) is 0 Å². The van der Waals surface area contributed by atoms with Crippen molar-refractivity contribution >= 4 is 21.6 Å². The van der Waals surface area contributed by atoms with Crippen LogP contribution in [0.2, 0.25) is 0 Å². The predicted octanol–water partition coefficient (Wildman–Crippen LogP) is 2.60. The average Bonchev–Trinajstić information content (AvgIpc) is 2.87. The van der Waals surface area contributed by atoms with Crippen molar-refractivity contribution in [2.45, 2.75) is 13.8 Å². The van der Waals surface area contributed by atoms with Crippen molar-refractivity contribution in [3.05, 3.63) is 38.6 Å². The van der Waals surface area contributed by atoms with Crippen molar-refractivity contribution in [3.63, 3.8) is 0 Å². The van der Waals surface area contributed by atoms with E-state index in [4.69, 9.17) is 6.42 Å². The third kappa shape index (κ3) is 1.91. The second-order valence-electron chi connectivity index (χ2n) is 5.14. The van der Waals surface area contributed by atoms with E-state index in [1.54, 1.807) is 16.3 Å². The molecule has 1 aromatic carbocycles. The Hall–Kier alpha value is -2.32. The fourth-order valence-corrected chi connectivity index (χ4v) is 3.46. The molecule has 3 rings (SSSR count). The monoisotopic (exact) mass is 297 g/mol. The highest BCUT2D eigenvalue weighted by Crippen LogP contribution is 2.31. The Morgan fingerprint density at radius 1 is 1.29 bits per heavy atom. The minimum absolute atomic E-state index is 0.0379. The first-order valence-corrected chi connectivity index (χ1v) is 7.36. The highest BCUT2D eigenvalue weighted by Gasteiger charge is 2.17. The second kappa shape index (κ2) is 4.61. The van der Waals surface area contributed by atoms with E-state index in [2.05, 4.69) is 11.0 Å². The van der Waals surface area contributed by atoms with Crippen molar-refractivity contribution in [3.8, 4) is 23.6 Å². The lowest BCUT2D eigenvalue weighted by Crippen LogP contribution is -2.06. The van der Waals surface area contributed by atoms with Gasteiger partial charge < -0.3 is 4.57 Å². The first-order chi connectivity index (χ1) is 9.93. The highest BCUT2D eigenvalue weighted by molar-refractivity contribution is 7.16. The van der Waals surface area contributed by atoms with Gasteiger partial charge in [-0.1, -0.05) is 17.3 Å². The van der Waals surface area contributed by atoms with E-state index in [-0.39, 0.29) is 4.87 Å². The van der Waals surface area contributed by atoms with Crippen LogP contribution in [-0.4, -0.2) is 14.3 Å². The second-order valence-corrected chi connectivity index (χ2v) is 6.13. The van der Waals surface area contributed by atoms with E-state index >= 15 is 0 Å². The Bertz CT molecular complexity index is 966. The number of thiazole rings is 1. The van der Waals surface area contributed by atoms with Crippen LogP contribution >= 0.6 is 11.3 Å². The van der Waals surface area contributed by atoms with Crippen LogP contribution < -0.4 is 4.87 Å². The summed E-state index contributed by atoms with van der Waals surface area (Å²) >= 11 is 1.26. The van der Waals surface area contributed by atoms with Crippen molar-refractivity contribution in [1.29, 1.82) is 0 Å². The van der Waals surface area contributed by atoms with Gasteiger partial charge in [-0.25, -0.2) is 0 Å². The molecule has 0 unspecified atom stereocenters. The Morgan fingerprint density at radius 3 is 2.67 bits per heavy atom. The molecule has 0 fully saturated rings. The topological polar surface area (TPSA) is 39.8 Å². The van der Waals surface area contributed by atoms with Crippen molar-refractivity contribution in [2.24, 2.45) is 14.1 Å². The number of aromatic nitrogens is 3. The Balaban J connectivity index is 2.38. The van der Waals surface area contributed by atoms with E-state index in [0.717, 1.165) is 38.3 Å². The van der Waals surface area contributed by atoms with Gasteiger partial charge in [0.2, 0.25) is 0 Å². The van der Waals surface area contributed by atoms with E-state index in [9.17, 15) is 4.79 Å². The van der Waals surface area contributed by atoms with Gasteiger partial charge in [-0.15, -0.1) is 6.42 Å². The van der Waals surface area contributed by atoms with Crippen LogP contribution in [0.1, 0.15) is 16.8 Å². The molecule has 0 radical (unpaired) electrons. The third-order valence-electron chi connectivity index (χ3n) is 3.87. The van der Waals surface area contributed by atoms with Crippen LogP contribution in [0.25, 0.3) is 21.5 Å². The van der Waals surface area contributed by atoms with Gasteiger partial charge in [0, 0.05) is 19.7 Å². The van der Waals surface area contributed by atoms with Gasteiger partial charge in [-0.2, -0.15) is 5.10 Å². The zero-order valence-corrected chi connectivity index (χ0v) is 13.2. The smallest absolute Gasteiger partial charge is 0.302 e. The maximum atomic E-state index is 11.8. The molecule has 0 saturated heterocycles. The molecule has 3 aromatic rings. The SMILES string of the molecule is C#Cc1c(-c2cc3c(cc2C)sc(=O)n3C)nn(C)c1C. The van der Waals surface area contributed by atoms with Crippen LogP contribution in [-0.2, 0) is 14.1 Å². The maximum Gasteiger partial charge on any atom is 0.307 e. The number of hydrogen-bond donors (Lipinski definition) is 0. The fraction of sp³-hybridized carbons (Fsp3) is 0.250. The lowest BCUT2D eigenvalue weighted by molar-refractivity contribution is 0.742. The minimum atomic E-state index is 0.0379. The molecule has 0 aliphatic heterocycles. The van der Waals surface area contributed by atoms with E-state index < -0.39 is 0 Å². The molecular formula is C16H15N3OS. The number of hydrogen-bond acceptors (Lipinski definition) is 3. The van der Waals surface area contributed by atoms with Crippen molar-refractivity contribution < 1.29 is 0 Å².